The molecule has 0 aliphatic carbocycles. The van der Waals surface area contributed by atoms with E-state index < -0.39 is 29.3 Å². The van der Waals surface area contributed by atoms with Crippen molar-refractivity contribution in [1.82, 2.24) is 0 Å². The van der Waals surface area contributed by atoms with E-state index in [1.807, 2.05) is 0 Å². The van der Waals surface area contributed by atoms with Crippen molar-refractivity contribution in [3.63, 3.8) is 0 Å². The molecule has 0 heterocycles. The van der Waals surface area contributed by atoms with E-state index in [1.165, 1.54) is 0 Å². The zero-order valence-electron chi connectivity index (χ0n) is 6.57. The third-order valence-electron chi connectivity index (χ3n) is 0.122. The summed E-state index contributed by atoms with van der Waals surface area (Å²) >= 11 is 3.24. The quantitative estimate of drug-likeness (QED) is 0.276. The van der Waals surface area contributed by atoms with E-state index >= 15 is 0 Å². The van der Waals surface area contributed by atoms with Gasteiger partial charge in [-0.25, -0.2) is 8.42 Å². The Morgan fingerprint density at radius 3 is 1.15 bits per heavy atom. The second-order valence-electron chi connectivity index (χ2n) is 0.842. The van der Waals surface area contributed by atoms with E-state index in [-0.39, 0.29) is 59.1 Å². The van der Waals surface area contributed by atoms with E-state index in [4.69, 9.17) is 22.4 Å². The summed E-state index contributed by atoms with van der Waals surface area (Å²) in [4.78, 5) is 0. The molecule has 0 amide bonds. The smallest absolute Gasteiger partial charge is 0.780 e. The van der Waals surface area contributed by atoms with Crippen molar-refractivity contribution in [1.29, 1.82) is 0 Å². The Bertz CT molecular complexity index is 221. The van der Waals surface area contributed by atoms with Gasteiger partial charge in [-0.1, -0.05) is 0 Å². The van der Waals surface area contributed by atoms with E-state index in [2.05, 4.69) is 11.2 Å². The van der Waals surface area contributed by atoms with E-state index in [9.17, 15) is 8.42 Å². The summed E-state index contributed by atoms with van der Waals surface area (Å²) in [5.41, 5.74) is 0. The molecular weight excluding hydrogens is 286 g/mol. The topological polar surface area (TPSA) is 138 Å². The Labute approximate surface area is 128 Å². The maximum Gasteiger partial charge on any atom is 1.00 e. The second-order valence-corrected chi connectivity index (χ2v) is 5.46. The molecule has 0 saturated heterocycles. The average Bonchev–Trinajstić information content (AvgIpc) is 1.59. The molecular formula is H2Na2O7S4. The van der Waals surface area contributed by atoms with Gasteiger partial charge in [-0.05, 0) is 11.2 Å². The summed E-state index contributed by atoms with van der Waals surface area (Å²) in [6.07, 6.45) is 0. The van der Waals surface area contributed by atoms with Crippen molar-refractivity contribution in [2.45, 2.75) is 0 Å². The van der Waals surface area contributed by atoms with Crippen LogP contribution in [-0.4, -0.2) is 30.8 Å². The molecule has 0 aromatic rings. The van der Waals surface area contributed by atoms with Crippen LogP contribution in [0.25, 0.3) is 0 Å². The molecule has 0 rings (SSSR count). The van der Waals surface area contributed by atoms with Crippen LogP contribution in [0.1, 0.15) is 0 Å². The molecule has 2 atom stereocenters. The van der Waals surface area contributed by atoms with Crippen molar-refractivity contribution in [3.8, 4) is 0 Å². The number of rotatable bonds is 1. The monoisotopic (exact) mass is 288 g/mol. The van der Waals surface area contributed by atoms with Crippen LogP contribution in [0.4, 0.5) is 0 Å². The molecule has 0 aromatic carbocycles. The predicted octanol–water partition coefficient (Wildman–Crippen LogP) is -7.65. The Morgan fingerprint density at radius 2 is 1.15 bits per heavy atom. The third-order valence-corrected chi connectivity index (χ3v) is 1.10. The molecule has 0 spiro atoms. The molecule has 0 aromatic heterocycles. The van der Waals surface area contributed by atoms with Crippen LogP contribution in [-0.2, 0) is 40.5 Å². The molecule has 2 N–H and O–H groups in total. The zero-order chi connectivity index (χ0) is 9.65. The summed E-state index contributed by atoms with van der Waals surface area (Å²) in [6.45, 7) is 0. The van der Waals surface area contributed by atoms with Gasteiger partial charge < -0.3 is 9.11 Å². The van der Waals surface area contributed by atoms with Crippen molar-refractivity contribution >= 4 is 40.5 Å². The van der Waals surface area contributed by atoms with E-state index in [1.54, 1.807) is 0 Å². The van der Waals surface area contributed by atoms with Crippen molar-refractivity contribution in [2.24, 2.45) is 0 Å². The molecule has 2 unspecified atom stereocenters. The van der Waals surface area contributed by atoms with Crippen LogP contribution in [0.5, 0.6) is 0 Å². The van der Waals surface area contributed by atoms with Crippen LogP contribution >= 0.6 is 0 Å². The van der Waals surface area contributed by atoms with Crippen molar-refractivity contribution < 1.29 is 90.0 Å². The maximum absolute atomic E-state index is 9.26. The van der Waals surface area contributed by atoms with Gasteiger partial charge in [0, 0.05) is 0 Å². The van der Waals surface area contributed by atoms with E-state index in [0.717, 1.165) is 0 Å². The Kier molecular flexibility index (Phi) is 23.9. The van der Waals surface area contributed by atoms with Crippen LogP contribution in [0.3, 0.4) is 0 Å². The van der Waals surface area contributed by atoms with Crippen LogP contribution in [0, 0.1) is 0 Å². The minimum Gasteiger partial charge on any atom is -0.780 e. The predicted molar refractivity (Wildman–Crippen MR) is 38.6 cm³/mol. The second kappa shape index (κ2) is 12.6. The fourth-order valence-corrected chi connectivity index (χ4v) is 0. The SMILES string of the molecule is O=S(O)S(=O)O.O=S([O-])([O-])=S.[Na+].[Na+]. The Balaban J connectivity index is -0.0000000546. The minimum atomic E-state index is -4.33. The van der Waals surface area contributed by atoms with Gasteiger partial charge in [-0.15, -0.1) is 9.05 Å². The molecule has 70 valence electrons. The Morgan fingerprint density at radius 1 is 1.08 bits per heavy atom. The van der Waals surface area contributed by atoms with Gasteiger partial charge >= 0.3 is 59.1 Å². The summed E-state index contributed by atoms with van der Waals surface area (Å²) in [6, 6.07) is 0. The molecule has 7 nitrogen and oxygen atoms in total. The van der Waals surface area contributed by atoms with Gasteiger partial charge in [0.05, 0.1) is 0 Å². The fraction of sp³-hybridized carbons (Fsp3) is 0. The molecule has 13 heavy (non-hydrogen) atoms. The molecule has 0 saturated carbocycles. The summed E-state index contributed by atoms with van der Waals surface area (Å²) < 4.78 is 60.3. The van der Waals surface area contributed by atoms with Crippen LogP contribution in [0.15, 0.2) is 0 Å². The standard InChI is InChI=1S/2Na.H2O4S2.H2O3S2/c;;1-5(2)6(3)4;1-5(2,3)4/h;;(H,1,2)(H,3,4);(H2,1,2,3,4)/q2*+1;;/p-2. The van der Waals surface area contributed by atoms with Crippen LogP contribution < -0.4 is 59.1 Å². The van der Waals surface area contributed by atoms with Gasteiger partial charge in [0.25, 0.3) is 20.2 Å². The molecule has 0 aliphatic heterocycles. The van der Waals surface area contributed by atoms with Crippen LogP contribution in [0.2, 0.25) is 0 Å². The van der Waals surface area contributed by atoms with Gasteiger partial charge in [-0.3, -0.25) is 13.3 Å². The summed E-state index contributed by atoms with van der Waals surface area (Å²) in [5, 5.41) is 0. The Hall–Kier alpha value is 2.51. The molecule has 0 radical (unpaired) electrons. The van der Waals surface area contributed by atoms with Gasteiger partial charge in [0.2, 0.25) is 0 Å². The van der Waals surface area contributed by atoms with Gasteiger partial charge in [0.15, 0.2) is 0 Å². The first-order chi connectivity index (χ1) is 4.64. The average molecular weight is 288 g/mol. The first-order valence-electron chi connectivity index (χ1n) is 1.53. The first-order valence-corrected chi connectivity index (χ1v) is 6.60. The van der Waals surface area contributed by atoms with Crippen molar-refractivity contribution in [2.75, 3.05) is 0 Å². The third kappa shape index (κ3) is 53.6. The van der Waals surface area contributed by atoms with Gasteiger partial charge in [0.1, 0.15) is 0 Å². The summed E-state index contributed by atoms with van der Waals surface area (Å²) in [5.74, 6) is 0. The van der Waals surface area contributed by atoms with Gasteiger partial charge in [-0.2, -0.15) is 0 Å². The molecule has 0 fully saturated rings. The summed E-state index contributed by atoms with van der Waals surface area (Å²) in [7, 11) is -9.51. The zero-order valence-corrected chi connectivity index (χ0v) is 13.8. The van der Waals surface area contributed by atoms with Crippen molar-refractivity contribution in [3.05, 3.63) is 0 Å². The normalized spacial score (nSPS) is 13.5. The van der Waals surface area contributed by atoms with E-state index in [0.29, 0.717) is 0 Å². The molecule has 0 aliphatic rings. The first kappa shape index (κ1) is 24.6. The number of hydrogen-bond acceptors (Lipinski definition) is 6. The maximum atomic E-state index is 9.26. The molecule has 0 bridgehead atoms. The molecule has 13 heteroatoms. The largest absolute Gasteiger partial charge is 1.00 e. The minimum absolute atomic E-state index is 0. The fourth-order valence-electron chi connectivity index (χ4n) is 0. The number of hydrogen-bond donors (Lipinski definition) is 2.